The average molecular weight is 231 g/mol. The molecule has 0 saturated carbocycles. The van der Waals surface area contributed by atoms with E-state index in [-0.39, 0.29) is 6.04 Å². The number of nitrogens with two attached hydrogens (primary N) is 1. The average Bonchev–Trinajstić information content (AvgIpc) is 2.61. The molecule has 4 N–H and O–H groups in total. The van der Waals surface area contributed by atoms with E-state index in [1.54, 1.807) is 0 Å². The first-order valence-electron chi connectivity index (χ1n) is 6.15. The van der Waals surface area contributed by atoms with Crippen molar-refractivity contribution in [3.63, 3.8) is 0 Å². The summed E-state index contributed by atoms with van der Waals surface area (Å²) in [4.78, 5) is 3.39. The summed E-state index contributed by atoms with van der Waals surface area (Å²) >= 11 is 0. The largest absolute Gasteiger partial charge is 0.358 e. The minimum atomic E-state index is 0.0357. The van der Waals surface area contributed by atoms with Gasteiger partial charge in [-0.1, -0.05) is 32.0 Å². The maximum absolute atomic E-state index is 6.27. The number of aryl methyl sites for hydroxylation is 1. The lowest BCUT2D eigenvalue weighted by molar-refractivity contribution is 0.538. The van der Waals surface area contributed by atoms with E-state index in [1.165, 1.54) is 22.2 Å². The number of fused-ring (bicyclic) bond motifs is 1. The van der Waals surface area contributed by atoms with Crippen LogP contribution in [0, 0.1) is 6.92 Å². The summed E-state index contributed by atoms with van der Waals surface area (Å²) in [7, 11) is 0. The first kappa shape index (κ1) is 12.1. The van der Waals surface area contributed by atoms with Crippen molar-refractivity contribution in [2.24, 2.45) is 5.73 Å². The molecule has 2 rings (SSSR count). The fourth-order valence-electron chi connectivity index (χ4n) is 2.24. The van der Waals surface area contributed by atoms with Gasteiger partial charge in [0.2, 0.25) is 0 Å². The van der Waals surface area contributed by atoms with Crippen LogP contribution in [0.4, 0.5) is 0 Å². The van der Waals surface area contributed by atoms with Gasteiger partial charge in [0.25, 0.3) is 0 Å². The van der Waals surface area contributed by atoms with Crippen LogP contribution in [0.15, 0.2) is 24.3 Å². The summed E-state index contributed by atoms with van der Waals surface area (Å²) in [6.45, 7) is 7.16. The minimum Gasteiger partial charge on any atom is -0.358 e. The van der Waals surface area contributed by atoms with Crippen LogP contribution in [0.1, 0.15) is 31.1 Å². The summed E-state index contributed by atoms with van der Waals surface area (Å²) < 4.78 is 0. The Morgan fingerprint density at radius 1 is 1.29 bits per heavy atom. The maximum Gasteiger partial charge on any atom is 0.0459 e. The van der Waals surface area contributed by atoms with Gasteiger partial charge < -0.3 is 16.0 Å². The smallest absolute Gasteiger partial charge is 0.0459 e. The molecule has 0 saturated heterocycles. The third-order valence-electron chi connectivity index (χ3n) is 3.06. The zero-order valence-corrected chi connectivity index (χ0v) is 10.7. The van der Waals surface area contributed by atoms with Crippen LogP contribution >= 0.6 is 0 Å². The highest BCUT2D eigenvalue weighted by atomic mass is 14.9. The highest BCUT2D eigenvalue weighted by Crippen LogP contribution is 2.26. The molecule has 1 heterocycles. The zero-order valence-electron chi connectivity index (χ0n) is 10.7. The predicted octanol–water partition coefficient (Wildman–Crippen LogP) is 2.47. The second-order valence-corrected chi connectivity index (χ2v) is 4.88. The van der Waals surface area contributed by atoms with E-state index < -0.39 is 0 Å². The Kier molecular flexibility index (Phi) is 3.50. The highest BCUT2D eigenvalue weighted by Gasteiger charge is 2.14. The zero-order chi connectivity index (χ0) is 12.4. The van der Waals surface area contributed by atoms with Gasteiger partial charge in [-0.15, -0.1) is 0 Å². The third kappa shape index (κ3) is 2.51. The fourth-order valence-corrected chi connectivity index (χ4v) is 2.24. The van der Waals surface area contributed by atoms with E-state index in [0.29, 0.717) is 6.04 Å². The molecule has 0 aliphatic heterocycles. The molecule has 3 nitrogen and oxygen atoms in total. The molecule has 1 aromatic heterocycles. The second kappa shape index (κ2) is 4.90. The fraction of sp³-hybridized carbons (Fsp3) is 0.429. The SMILES string of the molecule is Cc1[nH]c2ccccc2c1C(N)CNC(C)C. The van der Waals surface area contributed by atoms with Crippen molar-refractivity contribution in [2.75, 3.05) is 6.54 Å². The summed E-state index contributed by atoms with van der Waals surface area (Å²) in [5, 5.41) is 4.63. The number of H-pyrrole nitrogens is 1. The molecule has 2 aromatic rings. The highest BCUT2D eigenvalue weighted by molar-refractivity contribution is 5.85. The lowest BCUT2D eigenvalue weighted by atomic mass is 10.0. The topological polar surface area (TPSA) is 53.8 Å². The van der Waals surface area contributed by atoms with Gasteiger partial charge in [-0.3, -0.25) is 0 Å². The molecule has 1 aromatic carbocycles. The Labute approximate surface area is 102 Å². The molecule has 0 fully saturated rings. The molecule has 0 aliphatic rings. The van der Waals surface area contributed by atoms with Crippen LogP contribution in [0.5, 0.6) is 0 Å². The number of hydrogen-bond acceptors (Lipinski definition) is 2. The van der Waals surface area contributed by atoms with E-state index in [9.17, 15) is 0 Å². The standard InChI is InChI=1S/C14H21N3/c1-9(2)16-8-12(15)14-10(3)17-13-7-5-4-6-11(13)14/h4-7,9,12,16-17H,8,15H2,1-3H3. The van der Waals surface area contributed by atoms with Gasteiger partial charge in [-0.2, -0.15) is 0 Å². The Bertz CT molecular complexity index is 499. The van der Waals surface area contributed by atoms with E-state index in [0.717, 1.165) is 6.54 Å². The second-order valence-electron chi connectivity index (χ2n) is 4.88. The molecule has 0 radical (unpaired) electrons. The maximum atomic E-state index is 6.27. The summed E-state index contributed by atoms with van der Waals surface area (Å²) in [6.07, 6.45) is 0. The lowest BCUT2D eigenvalue weighted by Crippen LogP contribution is -2.31. The molecular weight excluding hydrogens is 210 g/mol. The third-order valence-corrected chi connectivity index (χ3v) is 3.06. The van der Waals surface area contributed by atoms with Crippen molar-refractivity contribution < 1.29 is 0 Å². The van der Waals surface area contributed by atoms with Gasteiger partial charge in [0.15, 0.2) is 0 Å². The Hall–Kier alpha value is -1.32. The van der Waals surface area contributed by atoms with Gasteiger partial charge in [-0.05, 0) is 18.6 Å². The van der Waals surface area contributed by atoms with Crippen LogP contribution < -0.4 is 11.1 Å². The van der Waals surface area contributed by atoms with Crippen LogP contribution in [0.2, 0.25) is 0 Å². The van der Waals surface area contributed by atoms with E-state index >= 15 is 0 Å². The minimum absolute atomic E-state index is 0.0357. The molecule has 3 heteroatoms. The number of rotatable bonds is 4. The van der Waals surface area contributed by atoms with Crippen LogP contribution in [-0.4, -0.2) is 17.6 Å². The molecule has 0 aliphatic carbocycles. The van der Waals surface area contributed by atoms with E-state index in [1.807, 2.05) is 6.07 Å². The molecule has 1 unspecified atom stereocenters. The van der Waals surface area contributed by atoms with E-state index in [2.05, 4.69) is 49.3 Å². The molecular formula is C14H21N3. The van der Waals surface area contributed by atoms with Gasteiger partial charge >= 0.3 is 0 Å². The van der Waals surface area contributed by atoms with Crippen molar-refractivity contribution in [1.29, 1.82) is 0 Å². The van der Waals surface area contributed by atoms with Crippen LogP contribution in [-0.2, 0) is 0 Å². The quantitative estimate of drug-likeness (QED) is 0.757. The van der Waals surface area contributed by atoms with Crippen molar-refractivity contribution in [1.82, 2.24) is 10.3 Å². The number of aromatic amines is 1. The summed E-state index contributed by atoms with van der Waals surface area (Å²) in [5.41, 5.74) is 9.84. The normalized spacial score (nSPS) is 13.5. The molecule has 92 valence electrons. The monoisotopic (exact) mass is 231 g/mol. The van der Waals surface area contributed by atoms with Crippen LogP contribution in [0.3, 0.4) is 0 Å². The Morgan fingerprint density at radius 2 is 2.00 bits per heavy atom. The number of aromatic nitrogens is 1. The predicted molar refractivity (Wildman–Crippen MR) is 73.1 cm³/mol. The Balaban J connectivity index is 2.30. The van der Waals surface area contributed by atoms with Crippen LogP contribution in [0.25, 0.3) is 10.9 Å². The van der Waals surface area contributed by atoms with Crippen molar-refractivity contribution in [3.8, 4) is 0 Å². The van der Waals surface area contributed by atoms with Crippen molar-refractivity contribution in [2.45, 2.75) is 32.9 Å². The summed E-state index contributed by atoms with van der Waals surface area (Å²) in [5.74, 6) is 0. The molecule has 1 atom stereocenters. The van der Waals surface area contributed by atoms with Gasteiger partial charge in [0.1, 0.15) is 0 Å². The number of nitrogens with one attached hydrogen (secondary N) is 2. The number of benzene rings is 1. The molecule has 0 bridgehead atoms. The molecule has 0 amide bonds. The number of hydrogen-bond donors (Lipinski definition) is 3. The lowest BCUT2D eigenvalue weighted by Gasteiger charge is -2.15. The number of para-hydroxylation sites is 1. The summed E-state index contributed by atoms with van der Waals surface area (Å²) in [6, 6.07) is 8.82. The van der Waals surface area contributed by atoms with Gasteiger partial charge in [0.05, 0.1) is 0 Å². The van der Waals surface area contributed by atoms with Gasteiger partial charge in [-0.25, -0.2) is 0 Å². The van der Waals surface area contributed by atoms with Gasteiger partial charge in [0, 0.05) is 35.2 Å². The van der Waals surface area contributed by atoms with Crippen molar-refractivity contribution >= 4 is 10.9 Å². The Morgan fingerprint density at radius 3 is 2.71 bits per heavy atom. The first-order valence-corrected chi connectivity index (χ1v) is 6.15. The molecule has 0 spiro atoms. The first-order chi connectivity index (χ1) is 8.09. The molecule has 17 heavy (non-hydrogen) atoms. The van der Waals surface area contributed by atoms with E-state index in [4.69, 9.17) is 5.73 Å². The van der Waals surface area contributed by atoms with Crippen molar-refractivity contribution in [3.05, 3.63) is 35.5 Å².